The third-order valence-electron chi connectivity index (χ3n) is 5.26. The first-order valence-corrected chi connectivity index (χ1v) is 7.55. The summed E-state index contributed by atoms with van der Waals surface area (Å²) in [5.41, 5.74) is 2.72. The number of fused-ring (bicyclic) bond motifs is 6. The van der Waals surface area contributed by atoms with Gasteiger partial charge >= 0.3 is 0 Å². The molecule has 3 atom stereocenters. The van der Waals surface area contributed by atoms with E-state index in [1.165, 1.54) is 0 Å². The number of carbonyl (C=O) groups is 2. The summed E-state index contributed by atoms with van der Waals surface area (Å²) in [5.74, 6) is 0.875. The SMILES string of the molecule is CC1[C@H]2CCN(C=O)[C@@H]1c1c([nH]c3ccccc13)C(=O)C2. The van der Waals surface area contributed by atoms with E-state index in [1.807, 2.05) is 29.2 Å². The first kappa shape index (κ1) is 12.6. The molecule has 1 unspecified atom stereocenters. The van der Waals surface area contributed by atoms with E-state index in [-0.39, 0.29) is 11.8 Å². The highest BCUT2D eigenvalue weighted by Crippen LogP contribution is 2.46. The minimum Gasteiger partial charge on any atom is -0.352 e. The van der Waals surface area contributed by atoms with Gasteiger partial charge in [-0.1, -0.05) is 25.1 Å². The lowest BCUT2D eigenvalue weighted by atomic mass is 9.78. The molecule has 2 aromatic rings. The largest absolute Gasteiger partial charge is 0.352 e. The number of rotatable bonds is 1. The highest BCUT2D eigenvalue weighted by Gasteiger charge is 2.42. The summed E-state index contributed by atoms with van der Waals surface area (Å²) in [6, 6.07) is 8.00. The number of aromatic nitrogens is 1. The van der Waals surface area contributed by atoms with Crippen molar-refractivity contribution in [2.45, 2.75) is 25.8 Å². The zero-order chi connectivity index (χ0) is 14.6. The van der Waals surface area contributed by atoms with Crippen LogP contribution >= 0.6 is 0 Å². The molecule has 1 aliphatic heterocycles. The molecule has 1 saturated heterocycles. The molecule has 4 nitrogen and oxygen atoms in total. The second-order valence-electron chi connectivity index (χ2n) is 6.28. The number of nitrogens with one attached hydrogen (secondary N) is 1. The van der Waals surface area contributed by atoms with E-state index in [0.717, 1.165) is 35.8 Å². The smallest absolute Gasteiger partial charge is 0.210 e. The van der Waals surface area contributed by atoms with E-state index in [0.29, 0.717) is 24.0 Å². The van der Waals surface area contributed by atoms with Gasteiger partial charge in [0.1, 0.15) is 0 Å². The van der Waals surface area contributed by atoms with E-state index in [4.69, 9.17) is 0 Å². The summed E-state index contributed by atoms with van der Waals surface area (Å²) < 4.78 is 0. The van der Waals surface area contributed by atoms with E-state index >= 15 is 0 Å². The first-order chi connectivity index (χ1) is 10.2. The summed E-state index contributed by atoms with van der Waals surface area (Å²) in [5, 5.41) is 1.08. The molecular formula is C17H18N2O2. The Morgan fingerprint density at radius 2 is 2.14 bits per heavy atom. The van der Waals surface area contributed by atoms with Crippen LogP contribution in [0, 0.1) is 11.8 Å². The maximum absolute atomic E-state index is 12.6. The normalized spacial score (nSPS) is 28.3. The van der Waals surface area contributed by atoms with Gasteiger partial charge in [-0.05, 0) is 24.3 Å². The monoisotopic (exact) mass is 282 g/mol. The molecule has 0 spiro atoms. The Morgan fingerprint density at radius 1 is 1.33 bits per heavy atom. The lowest BCUT2D eigenvalue weighted by Gasteiger charge is -2.41. The summed E-state index contributed by atoms with van der Waals surface area (Å²) >= 11 is 0. The van der Waals surface area contributed by atoms with E-state index in [1.54, 1.807) is 0 Å². The van der Waals surface area contributed by atoms with Crippen LogP contribution in [-0.2, 0) is 4.79 Å². The van der Waals surface area contributed by atoms with E-state index in [9.17, 15) is 9.59 Å². The first-order valence-electron chi connectivity index (χ1n) is 7.55. The van der Waals surface area contributed by atoms with Crippen LogP contribution < -0.4 is 0 Å². The van der Waals surface area contributed by atoms with Gasteiger partial charge in [0.15, 0.2) is 5.78 Å². The topological polar surface area (TPSA) is 53.2 Å². The van der Waals surface area contributed by atoms with Gasteiger partial charge in [-0.3, -0.25) is 9.59 Å². The third kappa shape index (κ3) is 1.68. The molecule has 0 saturated carbocycles. The lowest BCUT2D eigenvalue weighted by Crippen LogP contribution is -2.40. The number of H-pyrrole nitrogens is 1. The zero-order valence-corrected chi connectivity index (χ0v) is 12.0. The number of amides is 1. The third-order valence-corrected chi connectivity index (χ3v) is 5.26. The molecule has 1 N–H and O–H groups in total. The van der Waals surface area contributed by atoms with Crippen LogP contribution in [0.3, 0.4) is 0 Å². The molecule has 1 fully saturated rings. The van der Waals surface area contributed by atoms with Crippen LogP contribution in [0.25, 0.3) is 10.9 Å². The van der Waals surface area contributed by atoms with Gasteiger partial charge in [0.25, 0.3) is 0 Å². The number of aromatic amines is 1. The highest BCUT2D eigenvalue weighted by atomic mass is 16.1. The Kier molecular flexibility index (Phi) is 2.67. The molecule has 1 aromatic carbocycles. The minimum absolute atomic E-state index is 0.0128. The highest BCUT2D eigenvalue weighted by molar-refractivity contribution is 6.03. The predicted molar refractivity (Wildman–Crippen MR) is 80.0 cm³/mol. The number of piperidine rings is 1. The molecule has 1 aromatic heterocycles. The molecule has 4 rings (SSSR count). The van der Waals surface area contributed by atoms with Crippen LogP contribution in [0.4, 0.5) is 0 Å². The fourth-order valence-corrected chi connectivity index (χ4v) is 4.14. The van der Waals surface area contributed by atoms with Gasteiger partial charge in [0, 0.05) is 29.4 Å². The number of para-hydroxylation sites is 1. The van der Waals surface area contributed by atoms with Crippen molar-refractivity contribution in [2.24, 2.45) is 11.8 Å². The Morgan fingerprint density at radius 3 is 2.95 bits per heavy atom. The van der Waals surface area contributed by atoms with Crippen molar-refractivity contribution in [1.82, 2.24) is 9.88 Å². The number of nitrogens with zero attached hydrogens (tertiary/aromatic N) is 1. The average molecular weight is 282 g/mol. The van der Waals surface area contributed by atoms with Gasteiger partial charge in [-0.2, -0.15) is 0 Å². The van der Waals surface area contributed by atoms with E-state index < -0.39 is 0 Å². The van der Waals surface area contributed by atoms with Crippen molar-refractivity contribution in [3.05, 3.63) is 35.5 Å². The number of ketones is 1. The summed E-state index contributed by atoms with van der Waals surface area (Å²) in [4.78, 5) is 29.3. The number of likely N-dealkylation sites (tertiary alicyclic amines) is 1. The van der Waals surface area contributed by atoms with Gasteiger partial charge in [0.2, 0.25) is 6.41 Å². The molecular weight excluding hydrogens is 264 g/mol. The van der Waals surface area contributed by atoms with Crippen molar-refractivity contribution in [3.63, 3.8) is 0 Å². The molecule has 2 bridgehead atoms. The number of hydrogen-bond donors (Lipinski definition) is 1. The number of Topliss-reactive ketones (excluding diaryl/α,β-unsaturated/α-hetero) is 1. The van der Waals surface area contributed by atoms with Gasteiger partial charge in [-0.15, -0.1) is 0 Å². The van der Waals surface area contributed by atoms with Crippen LogP contribution in [0.2, 0.25) is 0 Å². The van der Waals surface area contributed by atoms with Crippen LogP contribution in [0.5, 0.6) is 0 Å². The fraction of sp³-hybridized carbons (Fsp3) is 0.412. The average Bonchev–Trinajstić information content (AvgIpc) is 2.86. The maximum Gasteiger partial charge on any atom is 0.210 e. The molecule has 1 aliphatic carbocycles. The number of hydrogen-bond acceptors (Lipinski definition) is 2. The Hall–Kier alpha value is -2.10. The quantitative estimate of drug-likeness (QED) is 0.818. The Bertz CT molecular complexity index is 733. The van der Waals surface area contributed by atoms with E-state index in [2.05, 4.69) is 11.9 Å². The van der Waals surface area contributed by atoms with Crippen molar-refractivity contribution in [1.29, 1.82) is 0 Å². The second-order valence-corrected chi connectivity index (χ2v) is 6.28. The van der Waals surface area contributed by atoms with Crippen molar-refractivity contribution < 1.29 is 9.59 Å². The molecule has 0 radical (unpaired) electrons. The van der Waals surface area contributed by atoms with Gasteiger partial charge < -0.3 is 9.88 Å². The number of carbonyl (C=O) groups excluding carboxylic acids is 2. The Balaban J connectivity index is 2.01. The van der Waals surface area contributed by atoms with Crippen LogP contribution in [0.1, 0.15) is 41.9 Å². The minimum atomic E-state index is 0.0128. The lowest BCUT2D eigenvalue weighted by molar-refractivity contribution is -0.124. The summed E-state index contributed by atoms with van der Waals surface area (Å²) in [6.07, 6.45) is 2.45. The zero-order valence-electron chi connectivity index (χ0n) is 12.0. The maximum atomic E-state index is 12.6. The molecule has 4 heteroatoms. The standard InChI is InChI=1S/C17H18N2O2/c1-10-11-6-7-19(9-20)17(10)15-12-4-2-3-5-13(12)18-16(15)14(21)8-11/h2-5,9-11,17-18H,6-8H2,1H3/t10?,11-,17-/m0/s1. The molecule has 1 amide bonds. The predicted octanol–water partition coefficient (Wildman–Crippen LogP) is 2.91. The summed E-state index contributed by atoms with van der Waals surface area (Å²) in [6.45, 7) is 2.92. The molecule has 108 valence electrons. The fourth-order valence-electron chi connectivity index (χ4n) is 4.14. The second kappa shape index (κ2) is 4.45. The van der Waals surface area contributed by atoms with Crippen molar-refractivity contribution in [2.75, 3.05) is 6.54 Å². The number of benzene rings is 1. The Labute approximate surface area is 123 Å². The molecule has 21 heavy (non-hydrogen) atoms. The van der Waals surface area contributed by atoms with Crippen LogP contribution in [-0.4, -0.2) is 28.6 Å². The molecule has 2 heterocycles. The van der Waals surface area contributed by atoms with Crippen molar-refractivity contribution >= 4 is 23.1 Å². The van der Waals surface area contributed by atoms with Gasteiger partial charge in [0.05, 0.1) is 11.7 Å². The summed E-state index contributed by atoms with van der Waals surface area (Å²) in [7, 11) is 0. The van der Waals surface area contributed by atoms with Crippen molar-refractivity contribution in [3.8, 4) is 0 Å². The van der Waals surface area contributed by atoms with Crippen LogP contribution in [0.15, 0.2) is 24.3 Å². The molecule has 2 aliphatic rings. The van der Waals surface area contributed by atoms with Gasteiger partial charge in [-0.25, -0.2) is 0 Å².